The summed E-state index contributed by atoms with van der Waals surface area (Å²) in [6.45, 7) is 1.91. The Morgan fingerprint density at radius 3 is 2.45 bits per heavy atom. The van der Waals surface area contributed by atoms with Gasteiger partial charge >= 0.3 is 5.69 Å². The highest BCUT2D eigenvalue weighted by Crippen LogP contribution is 2.28. The van der Waals surface area contributed by atoms with Crippen molar-refractivity contribution in [3.05, 3.63) is 73.8 Å². The summed E-state index contributed by atoms with van der Waals surface area (Å²) in [6, 6.07) is 10.8. The molecule has 0 heterocycles. The zero-order chi connectivity index (χ0) is 16.1. The van der Waals surface area contributed by atoms with Gasteiger partial charge < -0.3 is 0 Å². The van der Waals surface area contributed by atoms with Gasteiger partial charge in [0.15, 0.2) is 0 Å². The van der Waals surface area contributed by atoms with Gasteiger partial charge in [0.25, 0.3) is 5.69 Å². The van der Waals surface area contributed by atoms with E-state index in [0.29, 0.717) is 0 Å². The van der Waals surface area contributed by atoms with Crippen LogP contribution >= 0.6 is 0 Å². The summed E-state index contributed by atoms with van der Waals surface area (Å²) < 4.78 is 0. The number of nitro benzene ring substituents is 2. The van der Waals surface area contributed by atoms with Gasteiger partial charge in [-0.3, -0.25) is 25.7 Å². The number of rotatable bonds is 5. The Labute approximate surface area is 125 Å². The van der Waals surface area contributed by atoms with Crippen LogP contribution in [0.15, 0.2) is 47.6 Å². The highest BCUT2D eigenvalue weighted by atomic mass is 16.6. The molecule has 2 rings (SSSR count). The van der Waals surface area contributed by atoms with Gasteiger partial charge in [-0.15, -0.1) is 0 Å². The zero-order valence-electron chi connectivity index (χ0n) is 11.6. The molecule has 22 heavy (non-hydrogen) atoms. The summed E-state index contributed by atoms with van der Waals surface area (Å²) in [5.41, 5.74) is 3.74. The van der Waals surface area contributed by atoms with E-state index in [0.717, 1.165) is 17.2 Å². The standard InChI is InChI=1S/C14H12N4O4/c1-10-4-2-3-5-11(10)9-15-16-13-7-6-12(17(19)20)8-14(13)18(21)22/h2-9,16H,1H3. The molecule has 0 aromatic heterocycles. The van der Waals surface area contributed by atoms with E-state index >= 15 is 0 Å². The molecule has 0 saturated carbocycles. The van der Waals surface area contributed by atoms with Gasteiger partial charge in [-0.1, -0.05) is 24.3 Å². The molecule has 0 fully saturated rings. The van der Waals surface area contributed by atoms with Crippen molar-refractivity contribution in [2.45, 2.75) is 6.92 Å². The first-order valence-electron chi connectivity index (χ1n) is 6.26. The lowest BCUT2D eigenvalue weighted by Gasteiger charge is -2.02. The summed E-state index contributed by atoms with van der Waals surface area (Å²) in [5, 5.41) is 25.6. The summed E-state index contributed by atoms with van der Waals surface area (Å²) >= 11 is 0. The highest BCUT2D eigenvalue weighted by Gasteiger charge is 2.18. The maximum atomic E-state index is 11.0. The molecular weight excluding hydrogens is 288 g/mol. The largest absolute Gasteiger partial charge is 0.301 e. The maximum Gasteiger partial charge on any atom is 0.301 e. The minimum absolute atomic E-state index is 0.0837. The van der Waals surface area contributed by atoms with Crippen LogP contribution in [0.4, 0.5) is 17.1 Å². The molecule has 0 aliphatic heterocycles. The van der Waals surface area contributed by atoms with Crippen molar-refractivity contribution < 1.29 is 9.85 Å². The van der Waals surface area contributed by atoms with E-state index in [1.807, 2.05) is 31.2 Å². The van der Waals surface area contributed by atoms with Gasteiger partial charge in [0, 0.05) is 6.07 Å². The van der Waals surface area contributed by atoms with Crippen molar-refractivity contribution in [3.8, 4) is 0 Å². The maximum absolute atomic E-state index is 11.0. The first kappa shape index (κ1) is 15.1. The lowest BCUT2D eigenvalue weighted by molar-refractivity contribution is -0.393. The molecule has 2 aromatic carbocycles. The summed E-state index contributed by atoms with van der Waals surface area (Å²) in [7, 11) is 0. The molecular formula is C14H12N4O4. The minimum Gasteiger partial charge on any atom is -0.272 e. The van der Waals surface area contributed by atoms with Crippen LogP contribution in [0.25, 0.3) is 0 Å². The van der Waals surface area contributed by atoms with Gasteiger partial charge in [0.1, 0.15) is 5.69 Å². The number of nitro groups is 2. The molecule has 8 heteroatoms. The Balaban J connectivity index is 2.24. The lowest BCUT2D eigenvalue weighted by Crippen LogP contribution is -1.99. The average molecular weight is 300 g/mol. The summed E-state index contributed by atoms with van der Waals surface area (Å²) in [6.07, 6.45) is 1.53. The Morgan fingerprint density at radius 2 is 1.82 bits per heavy atom. The average Bonchev–Trinajstić information content (AvgIpc) is 2.49. The van der Waals surface area contributed by atoms with E-state index in [9.17, 15) is 20.2 Å². The van der Waals surface area contributed by atoms with Crippen LogP contribution in [-0.4, -0.2) is 16.1 Å². The molecule has 0 spiro atoms. The van der Waals surface area contributed by atoms with E-state index in [4.69, 9.17) is 0 Å². The number of hydrogen-bond donors (Lipinski definition) is 1. The van der Waals surface area contributed by atoms with Crippen LogP contribution in [0.5, 0.6) is 0 Å². The van der Waals surface area contributed by atoms with Gasteiger partial charge in [-0.2, -0.15) is 5.10 Å². The number of hydrogen-bond acceptors (Lipinski definition) is 6. The smallest absolute Gasteiger partial charge is 0.272 e. The van der Waals surface area contributed by atoms with Crippen LogP contribution in [0.1, 0.15) is 11.1 Å². The van der Waals surface area contributed by atoms with E-state index in [1.54, 1.807) is 0 Å². The van der Waals surface area contributed by atoms with Crippen molar-refractivity contribution in [1.29, 1.82) is 0 Å². The molecule has 0 bridgehead atoms. The molecule has 2 aromatic rings. The SMILES string of the molecule is Cc1ccccc1C=NNc1ccc([N+](=O)[O-])cc1[N+](=O)[O-]. The number of benzene rings is 2. The topological polar surface area (TPSA) is 111 Å². The molecule has 0 saturated heterocycles. The normalized spacial score (nSPS) is 10.6. The quantitative estimate of drug-likeness (QED) is 0.517. The van der Waals surface area contributed by atoms with Crippen molar-refractivity contribution >= 4 is 23.3 Å². The van der Waals surface area contributed by atoms with Crippen molar-refractivity contribution in [2.75, 3.05) is 5.43 Å². The third-order valence-corrected chi connectivity index (χ3v) is 2.97. The van der Waals surface area contributed by atoms with Gasteiger partial charge in [0.2, 0.25) is 0 Å². The van der Waals surface area contributed by atoms with Gasteiger partial charge in [-0.25, -0.2) is 0 Å². The molecule has 112 valence electrons. The lowest BCUT2D eigenvalue weighted by atomic mass is 10.1. The van der Waals surface area contributed by atoms with E-state index in [1.165, 1.54) is 18.3 Å². The van der Waals surface area contributed by atoms with Gasteiger partial charge in [-0.05, 0) is 24.1 Å². The Bertz CT molecular complexity index is 758. The first-order valence-corrected chi connectivity index (χ1v) is 6.26. The van der Waals surface area contributed by atoms with Crippen LogP contribution in [0, 0.1) is 27.2 Å². The third-order valence-electron chi connectivity index (χ3n) is 2.97. The predicted octanol–water partition coefficient (Wildman–Crippen LogP) is 3.26. The van der Waals surface area contributed by atoms with Crippen molar-refractivity contribution in [3.63, 3.8) is 0 Å². The number of nitrogens with zero attached hydrogens (tertiary/aromatic N) is 3. The van der Waals surface area contributed by atoms with E-state index in [2.05, 4.69) is 10.5 Å². The number of nitrogens with one attached hydrogen (secondary N) is 1. The number of anilines is 1. The fourth-order valence-electron chi connectivity index (χ4n) is 1.78. The summed E-state index contributed by atoms with van der Waals surface area (Å²) in [5.74, 6) is 0. The van der Waals surface area contributed by atoms with Crippen LogP contribution in [0.2, 0.25) is 0 Å². The van der Waals surface area contributed by atoms with Crippen molar-refractivity contribution in [2.24, 2.45) is 5.10 Å². The molecule has 0 radical (unpaired) electrons. The molecule has 0 aliphatic rings. The third kappa shape index (κ3) is 3.42. The van der Waals surface area contributed by atoms with E-state index in [-0.39, 0.29) is 11.4 Å². The zero-order valence-corrected chi connectivity index (χ0v) is 11.6. The monoisotopic (exact) mass is 300 g/mol. The van der Waals surface area contributed by atoms with Crippen LogP contribution in [0.3, 0.4) is 0 Å². The molecule has 1 N–H and O–H groups in total. The molecule has 8 nitrogen and oxygen atoms in total. The second-order valence-corrected chi connectivity index (χ2v) is 4.44. The second-order valence-electron chi connectivity index (χ2n) is 4.44. The van der Waals surface area contributed by atoms with Crippen LogP contribution in [-0.2, 0) is 0 Å². The molecule has 0 atom stereocenters. The molecule has 0 aliphatic carbocycles. The number of non-ortho nitro benzene ring substituents is 1. The van der Waals surface area contributed by atoms with Gasteiger partial charge in [0.05, 0.1) is 22.1 Å². The first-order chi connectivity index (χ1) is 10.5. The number of hydrazone groups is 1. The highest BCUT2D eigenvalue weighted by molar-refractivity contribution is 5.82. The summed E-state index contributed by atoms with van der Waals surface area (Å²) in [4.78, 5) is 20.2. The Morgan fingerprint density at radius 1 is 1.09 bits per heavy atom. The number of aryl methyl sites for hydroxylation is 1. The molecule has 0 amide bonds. The Hall–Kier alpha value is -3.29. The van der Waals surface area contributed by atoms with E-state index < -0.39 is 15.5 Å². The van der Waals surface area contributed by atoms with Crippen LogP contribution < -0.4 is 5.43 Å². The fourth-order valence-corrected chi connectivity index (χ4v) is 1.78. The molecule has 0 unspecified atom stereocenters. The fraction of sp³-hybridized carbons (Fsp3) is 0.0714. The second kappa shape index (κ2) is 6.44. The van der Waals surface area contributed by atoms with Crippen molar-refractivity contribution in [1.82, 2.24) is 0 Å². The Kier molecular flexibility index (Phi) is 4.42. The minimum atomic E-state index is -0.696. The predicted molar refractivity (Wildman–Crippen MR) is 82.1 cm³/mol.